The number of carbonyl (C=O) groups is 1. The topological polar surface area (TPSA) is 84.9 Å². The van der Waals surface area contributed by atoms with Crippen molar-refractivity contribution in [1.82, 2.24) is 5.32 Å². The maximum absolute atomic E-state index is 13.5. The van der Waals surface area contributed by atoms with Crippen LogP contribution < -0.4 is 19.1 Å². The number of ether oxygens (including phenoxy) is 2. The number of rotatable bonds is 9. The number of carbonyl (C=O) groups excluding carboxylic acids is 1. The third-order valence-electron chi connectivity index (χ3n) is 5.54. The fraction of sp³-hybridized carbons (Fsp3) is 0.269. The van der Waals surface area contributed by atoms with Crippen LogP contribution in [0.1, 0.15) is 29.7 Å². The van der Waals surface area contributed by atoms with Gasteiger partial charge in [-0.2, -0.15) is 0 Å². The predicted octanol–water partition coefficient (Wildman–Crippen LogP) is 4.39. The molecule has 0 saturated carbocycles. The number of sulfonamides is 1. The zero-order valence-electron chi connectivity index (χ0n) is 20.0. The summed E-state index contributed by atoms with van der Waals surface area (Å²) in [5.74, 6) is 0.385. The van der Waals surface area contributed by atoms with E-state index in [2.05, 4.69) is 5.32 Å². The van der Waals surface area contributed by atoms with E-state index < -0.39 is 22.5 Å². The van der Waals surface area contributed by atoms with Gasteiger partial charge in [0.15, 0.2) is 11.5 Å². The van der Waals surface area contributed by atoms with Crippen LogP contribution in [-0.2, 0) is 14.8 Å². The fourth-order valence-corrected chi connectivity index (χ4v) is 5.26. The van der Waals surface area contributed by atoms with Crippen molar-refractivity contribution in [2.24, 2.45) is 0 Å². The van der Waals surface area contributed by atoms with Gasteiger partial charge in [-0.05, 0) is 56.2 Å². The Hall–Kier alpha value is -3.52. The van der Waals surface area contributed by atoms with Gasteiger partial charge in [-0.1, -0.05) is 42.0 Å². The second-order valence-corrected chi connectivity index (χ2v) is 9.88. The molecule has 0 bridgehead atoms. The highest BCUT2D eigenvalue weighted by atomic mass is 32.2. The molecule has 3 rings (SSSR count). The molecule has 0 heterocycles. The van der Waals surface area contributed by atoms with Crippen LogP contribution in [0.3, 0.4) is 0 Å². The van der Waals surface area contributed by atoms with Gasteiger partial charge in [0.2, 0.25) is 5.91 Å². The number of hydrogen-bond acceptors (Lipinski definition) is 5. The van der Waals surface area contributed by atoms with Crippen molar-refractivity contribution >= 4 is 21.6 Å². The molecule has 1 amide bonds. The number of methoxy groups -OCH3 is 2. The van der Waals surface area contributed by atoms with Crippen LogP contribution in [0.2, 0.25) is 0 Å². The third-order valence-corrected chi connectivity index (χ3v) is 7.33. The average molecular weight is 483 g/mol. The van der Waals surface area contributed by atoms with E-state index in [-0.39, 0.29) is 16.6 Å². The molecule has 0 radical (unpaired) electrons. The molecule has 1 N–H and O–H groups in total. The zero-order chi connectivity index (χ0) is 24.9. The monoisotopic (exact) mass is 482 g/mol. The number of aryl methyl sites for hydroxylation is 2. The summed E-state index contributed by atoms with van der Waals surface area (Å²) in [6, 6.07) is 18.5. The molecule has 1 atom stereocenters. The Morgan fingerprint density at radius 2 is 1.62 bits per heavy atom. The highest BCUT2D eigenvalue weighted by molar-refractivity contribution is 7.92. The molecule has 3 aromatic carbocycles. The highest BCUT2D eigenvalue weighted by Gasteiger charge is 2.28. The summed E-state index contributed by atoms with van der Waals surface area (Å²) < 4.78 is 38.8. The molecule has 34 heavy (non-hydrogen) atoms. The molecule has 0 aliphatic carbocycles. The normalized spacial score (nSPS) is 12.0. The first-order valence-corrected chi connectivity index (χ1v) is 12.3. The molecule has 0 aliphatic heterocycles. The van der Waals surface area contributed by atoms with Crippen LogP contribution in [-0.4, -0.2) is 35.1 Å². The summed E-state index contributed by atoms with van der Waals surface area (Å²) in [4.78, 5) is 13.2. The molecule has 0 aliphatic rings. The standard InChI is InChI=1S/C26H30N2O5S/c1-18-11-13-23(19(2)15-18)20(3)27-26(29)17-28(34(30,31)22-9-7-6-8-10-22)21-12-14-24(32-4)25(16-21)33-5/h6-16,20H,17H2,1-5H3,(H,27,29)/t20-/m1/s1. The summed E-state index contributed by atoms with van der Waals surface area (Å²) in [7, 11) is -1.07. The van der Waals surface area contributed by atoms with Crippen molar-refractivity contribution in [3.8, 4) is 11.5 Å². The van der Waals surface area contributed by atoms with Crippen LogP contribution in [0.15, 0.2) is 71.6 Å². The second-order valence-electron chi connectivity index (χ2n) is 8.01. The molecule has 0 unspecified atom stereocenters. The van der Waals surface area contributed by atoms with E-state index in [1.54, 1.807) is 36.4 Å². The van der Waals surface area contributed by atoms with E-state index in [4.69, 9.17) is 9.47 Å². The maximum atomic E-state index is 13.5. The van der Waals surface area contributed by atoms with Gasteiger partial charge in [0.05, 0.1) is 30.8 Å². The Labute approximate surface area is 201 Å². The van der Waals surface area contributed by atoms with Crippen molar-refractivity contribution in [3.63, 3.8) is 0 Å². The first-order chi connectivity index (χ1) is 16.2. The number of nitrogens with one attached hydrogen (secondary N) is 1. The summed E-state index contributed by atoms with van der Waals surface area (Å²) in [6.07, 6.45) is 0. The number of benzene rings is 3. The van der Waals surface area contributed by atoms with Gasteiger partial charge in [-0.3, -0.25) is 9.10 Å². The predicted molar refractivity (Wildman–Crippen MR) is 133 cm³/mol. The largest absolute Gasteiger partial charge is 0.493 e. The van der Waals surface area contributed by atoms with E-state index in [0.717, 1.165) is 21.0 Å². The molecule has 180 valence electrons. The quantitative estimate of drug-likeness (QED) is 0.489. The molecular formula is C26H30N2O5S. The van der Waals surface area contributed by atoms with Crippen molar-refractivity contribution in [3.05, 3.63) is 83.4 Å². The first-order valence-electron chi connectivity index (χ1n) is 10.8. The minimum Gasteiger partial charge on any atom is -0.493 e. The highest BCUT2D eigenvalue weighted by Crippen LogP contribution is 2.33. The van der Waals surface area contributed by atoms with Crippen molar-refractivity contribution in [2.45, 2.75) is 31.7 Å². The van der Waals surface area contributed by atoms with Gasteiger partial charge < -0.3 is 14.8 Å². The molecule has 7 nitrogen and oxygen atoms in total. The molecule has 0 saturated heterocycles. The summed E-state index contributed by atoms with van der Waals surface area (Å²) in [5, 5.41) is 2.93. The Morgan fingerprint density at radius 3 is 2.24 bits per heavy atom. The van der Waals surface area contributed by atoms with Crippen molar-refractivity contribution in [2.75, 3.05) is 25.1 Å². The molecule has 8 heteroatoms. The molecular weight excluding hydrogens is 452 g/mol. The Balaban J connectivity index is 1.95. The number of anilines is 1. The van der Waals surface area contributed by atoms with Gasteiger partial charge in [0.1, 0.15) is 6.54 Å². The van der Waals surface area contributed by atoms with Gasteiger partial charge in [0.25, 0.3) is 10.0 Å². The van der Waals surface area contributed by atoms with Gasteiger partial charge in [-0.15, -0.1) is 0 Å². The van der Waals surface area contributed by atoms with Crippen LogP contribution in [0, 0.1) is 13.8 Å². The lowest BCUT2D eigenvalue weighted by Gasteiger charge is -2.26. The number of amides is 1. The zero-order valence-corrected chi connectivity index (χ0v) is 20.8. The van der Waals surface area contributed by atoms with Crippen LogP contribution in [0.5, 0.6) is 11.5 Å². The lowest BCUT2D eigenvalue weighted by Crippen LogP contribution is -2.41. The van der Waals surface area contributed by atoms with E-state index in [9.17, 15) is 13.2 Å². The first kappa shape index (κ1) is 25.1. The summed E-state index contributed by atoms with van der Waals surface area (Å²) in [5.41, 5.74) is 3.45. The summed E-state index contributed by atoms with van der Waals surface area (Å²) >= 11 is 0. The lowest BCUT2D eigenvalue weighted by molar-refractivity contribution is -0.120. The minimum absolute atomic E-state index is 0.0833. The van der Waals surface area contributed by atoms with E-state index in [1.165, 1.54) is 26.4 Å². The van der Waals surface area contributed by atoms with Crippen LogP contribution in [0.4, 0.5) is 5.69 Å². The van der Waals surface area contributed by atoms with Crippen LogP contribution in [0.25, 0.3) is 0 Å². The minimum atomic E-state index is -4.03. The summed E-state index contributed by atoms with van der Waals surface area (Å²) in [6.45, 7) is 5.47. The molecule has 0 spiro atoms. The Bertz CT molecular complexity index is 1260. The van der Waals surface area contributed by atoms with E-state index in [0.29, 0.717) is 11.5 Å². The Morgan fingerprint density at radius 1 is 0.941 bits per heavy atom. The molecule has 0 fully saturated rings. The number of hydrogen-bond donors (Lipinski definition) is 1. The second kappa shape index (κ2) is 10.6. The number of nitrogens with zero attached hydrogens (tertiary/aromatic N) is 1. The SMILES string of the molecule is COc1ccc(N(CC(=O)N[C@H](C)c2ccc(C)cc2C)S(=O)(=O)c2ccccc2)cc1OC. The van der Waals surface area contributed by atoms with Crippen molar-refractivity contribution < 1.29 is 22.7 Å². The third kappa shape index (κ3) is 5.51. The van der Waals surface area contributed by atoms with E-state index >= 15 is 0 Å². The van der Waals surface area contributed by atoms with E-state index in [1.807, 2.05) is 39.0 Å². The van der Waals surface area contributed by atoms with Gasteiger partial charge in [-0.25, -0.2) is 8.42 Å². The van der Waals surface area contributed by atoms with Crippen LogP contribution >= 0.6 is 0 Å². The maximum Gasteiger partial charge on any atom is 0.264 e. The smallest absolute Gasteiger partial charge is 0.264 e. The van der Waals surface area contributed by atoms with Gasteiger partial charge >= 0.3 is 0 Å². The fourth-order valence-electron chi connectivity index (χ4n) is 3.82. The lowest BCUT2D eigenvalue weighted by atomic mass is 10.0. The Kier molecular flexibility index (Phi) is 7.83. The molecule has 3 aromatic rings. The van der Waals surface area contributed by atoms with Gasteiger partial charge in [0, 0.05) is 6.07 Å². The van der Waals surface area contributed by atoms with Crippen molar-refractivity contribution in [1.29, 1.82) is 0 Å². The molecule has 0 aromatic heterocycles. The average Bonchev–Trinajstić information content (AvgIpc) is 2.82.